The molecule has 1 N–H and O–H groups in total. The quantitative estimate of drug-likeness (QED) is 0.673. The van der Waals surface area contributed by atoms with Crippen molar-refractivity contribution in [3.05, 3.63) is 35.4 Å². The van der Waals surface area contributed by atoms with Crippen LogP contribution < -0.4 is 5.32 Å². The molecule has 0 aliphatic carbocycles. The summed E-state index contributed by atoms with van der Waals surface area (Å²) in [6, 6.07) is 8.15. The maximum atomic E-state index is 11.4. The molecule has 1 aromatic carbocycles. The first kappa shape index (κ1) is 17.1. The first-order valence-electron chi connectivity index (χ1n) is 7.14. The third kappa shape index (κ3) is 6.50. The molecule has 1 aromatic rings. The van der Waals surface area contributed by atoms with Crippen LogP contribution in [0.4, 0.5) is 0 Å². The lowest BCUT2D eigenvalue weighted by molar-refractivity contribution is 0.133. The van der Waals surface area contributed by atoms with Crippen molar-refractivity contribution >= 4 is 9.84 Å². The van der Waals surface area contributed by atoms with Crippen molar-refractivity contribution in [1.82, 2.24) is 5.32 Å². The van der Waals surface area contributed by atoms with E-state index in [0.29, 0.717) is 26.2 Å². The second-order valence-electron chi connectivity index (χ2n) is 4.67. The Balaban J connectivity index is 2.35. The van der Waals surface area contributed by atoms with Crippen molar-refractivity contribution < 1.29 is 13.2 Å². The minimum atomic E-state index is -2.84. The van der Waals surface area contributed by atoms with Crippen molar-refractivity contribution in [2.45, 2.75) is 33.4 Å². The molecular weight excluding hydrogens is 274 g/mol. The fraction of sp³-hybridized carbons (Fsp3) is 0.600. The third-order valence-corrected chi connectivity index (χ3v) is 4.93. The second kappa shape index (κ2) is 9.10. The molecule has 0 amide bonds. The molecule has 0 unspecified atom stereocenters. The van der Waals surface area contributed by atoms with Crippen LogP contribution >= 0.6 is 0 Å². The average molecular weight is 299 g/mol. The molecule has 20 heavy (non-hydrogen) atoms. The van der Waals surface area contributed by atoms with Crippen molar-refractivity contribution in [2.75, 3.05) is 24.7 Å². The number of rotatable bonds is 10. The van der Waals surface area contributed by atoms with Crippen molar-refractivity contribution in [3.63, 3.8) is 0 Å². The van der Waals surface area contributed by atoms with Gasteiger partial charge in [0.15, 0.2) is 0 Å². The van der Waals surface area contributed by atoms with E-state index in [2.05, 4.69) is 17.4 Å². The zero-order valence-electron chi connectivity index (χ0n) is 12.4. The van der Waals surface area contributed by atoms with Crippen molar-refractivity contribution in [3.8, 4) is 0 Å². The summed E-state index contributed by atoms with van der Waals surface area (Å²) in [6.45, 7) is 6.45. The molecule has 114 valence electrons. The summed E-state index contributed by atoms with van der Waals surface area (Å²) >= 11 is 0. The van der Waals surface area contributed by atoms with Gasteiger partial charge in [-0.15, -0.1) is 0 Å². The highest BCUT2D eigenvalue weighted by molar-refractivity contribution is 7.91. The van der Waals surface area contributed by atoms with Crippen molar-refractivity contribution in [2.24, 2.45) is 0 Å². The van der Waals surface area contributed by atoms with Gasteiger partial charge < -0.3 is 10.1 Å². The number of ether oxygens (including phenoxy) is 1. The molecule has 4 nitrogen and oxygen atoms in total. The van der Waals surface area contributed by atoms with Gasteiger partial charge in [-0.2, -0.15) is 0 Å². The number of hydrogen-bond donors (Lipinski definition) is 1. The number of nitrogens with one attached hydrogen (secondary N) is 1. The fourth-order valence-corrected chi connectivity index (χ4v) is 2.74. The van der Waals surface area contributed by atoms with Crippen LogP contribution in [0.2, 0.25) is 0 Å². The topological polar surface area (TPSA) is 55.4 Å². The maximum Gasteiger partial charge on any atom is 0.150 e. The molecular formula is C15H25NO3S. The van der Waals surface area contributed by atoms with Crippen LogP contribution in [0.5, 0.6) is 0 Å². The Labute approximate surface area is 122 Å². The Kier molecular flexibility index (Phi) is 7.80. The van der Waals surface area contributed by atoms with E-state index < -0.39 is 9.84 Å². The SMILES string of the molecule is CCOCc1ccccc1CNCCCS(=O)(=O)CC. The van der Waals surface area contributed by atoms with E-state index in [1.807, 2.05) is 19.1 Å². The molecule has 5 heteroatoms. The third-order valence-electron chi connectivity index (χ3n) is 3.14. The molecule has 0 saturated carbocycles. The van der Waals surface area contributed by atoms with Gasteiger partial charge in [0, 0.05) is 18.9 Å². The van der Waals surface area contributed by atoms with Crippen LogP contribution in [0.1, 0.15) is 31.4 Å². The van der Waals surface area contributed by atoms with E-state index in [-0.39, 0.29) is 11.5 Å². The molecule has 0 atom stereocenters. The zero-order chi connectivity index (χ0) is 14.8. The molecule has 0 aliphatic rings. The number of hydrogen-bond acceptors (Lipinski definition) is 4. The molecule has 0 heterocycles. The van der Waals surface area contributed by atoms with Crippen LogP contribution in [-0.4, -0.2) is 33.1 Å². The highest BCUT2D eigenvalue weighted by atomic mass is 32.2. The van der Waals surface area contributed by atoms with E-state index in [1.54, 1.807) is 6.92 Å². The van der Waals surface area contributed by atoms with Gasteiger partial charge >= 0.3 is 0 Å². The largest absolute Gasteiger partial charge is 0.377 e. The van der Waals surface area contributed by atoms with Gasteiger partial charge in [-0.25, -0.2) is 8.42 Å². The van der Waals surface area contributed by atoms with Crippen molar-refractivity contribution in [1.29, 1.82) is 0 Å². The highest BCUT2D eigenvalue weighted by Gasteiger charge is 2.06. The summed E-state index contributed by atoms with van der Waals surface area (Å²) < 4.78 is 28.2. The molecule has 0 saturated heterocycles. The van der Waals surface area contributed by atoms with E-state index >= 15 is 0 Å². The van der Waals surface area contributed by atoms with Crippen LogP contribution in [-0.2, 0) is 27.7 Å². The Morgan fingerprint density at radius 1 is 1.15 bits per heavy atom. The first-order chi connectivity index (χ1) is 9.59. The highest BCUT2D eigenvalue weighted by Crippen LogP contribution is 2.10. The van der Waals surface area contributed by atoms with Gasteiger partial charge in [0.1, 0.15) is 9.84 Å². The van der Waals surface area contributed by atoms with Crippen LogP contribution in [0.3, 0.4) is 0 Å². The number of sulfone groups is 1. The molecule has 0 aliphatic heterocycles. The van der Waals surface area contributed by atoms with E-state index in [9.17, 15) is 8.42 Å². The Morgan fingerprint density at radius 2 is 1.85 bits per heavy atom. The fourth-order valence-electron chi connectivity index (χ4n) is 1.87. The smallest absolute Gasteiger partial charge is 0.150 e. The summed E-state index contributed by atoms with van der Waals surface area (Å²) in [7, 11) is -2.84. The summed E-state index contributed by atoms with van der Waals surface area (Å²) in [4.78, 5) is 0. The van der Waals surface area contributed by atoms with Gasteiger partial charge in [0.25, 0.3) is 0 Å². The summed E-state index contributed by atoms with van der Waals surface area (Å²) in [5.74, 6) is 0.487. The Morgan fingerprint density at radius 3 is 2.50 bits per heavy atom. The van der Waals surface area contributed by atoms with Gasteiger partial charge in [-0.1, -0.05) is 31.2 Å². The molecule has 0 radical (unpaired) electrons. The first-order valence-corrected chi connectivity index (χ1v) is 8.97. The Bertz CT molecular complexity index is 486. The lowest BCUT2D eigenvalue weighted by atomic mass is 10.1. The lowest BCUT2D eigenvalue weighted by Gasteiger charge is -2.10. The number of benzene rings is 1. The Hall–Kier alpha value is -0.910. The predicted molar refractivity (Wildman–Crippen MR) is 82.4 cm³/mol. The van der Waals surface area contributed by atoms with Gasteiger partial charge in [0.05, 0.1) is 12.4 Å². The van der Waals surface area contributed by atoms with Crippen LogP contribution in [0.15, 0.2) is 24.3 Å². The normalized spacial score (nSPS) is 11.7. The van der Waals surface area contributed by atoms with Crippen LogP contribution in [0, 0.1) is 0 Å². The lowest BCUT2D eigenvalue weighted by Crippen LogP contribution is -2.19. The van der Waals surface area contributed by atoms with Gasteiger partial charge in [0.2, 0.25) is 0 Å². The molecule has 0 fully saturated rings. The van der Waals surface area contributed by atoms with Gasteiger partial charge in [-0.3, -0.25) is 0 Å². The second-order valence-corrected chi connectivity index (χ2v) is 7.15. The summed E-state index contributed by atoms with van der Waals surface area (Å²) in [5.41, 5.74) is 2.39. The monoisotopic (exact) mass is 299 g/mol. The molecule has 1 rings (SSSR count). The molecule has 0 bridgehead atoms. The summed E-state index contributed by atoms with van der Waals surface area (Å²) in [6.07, 6.45) is 0.657. The molecule has 0 spiro atoms. The van der Waals surface area contributed by atoms with E-state index in [4.69, 9.17) is 4.74 Å². The summed E-state index contributed by atoms with van der Waals surface area (Å²) in [5, 5.41) is 3.30. The molecule has 0 aromatic heterocycles. The minimum Gasteiger partial charge on any atom is -0.377 e. The standard InChI is InChI=1S/C15H25NO3S/c1-3-19-13-15-9-6-5-8-14(15)12-16-10-7-11-20(17,18)4-2/h5-6,8-9,16H,3-4,7,10-13H2,1-2H3. The maximum absolute atomic E-state index is 11.4. The van der Waals surface area contributed by atoms with E-state index in [1.165, 1.54) is 11.1 Å². The average Bonchev–Trinajstić information content (AvgIpc) is 2.45. The minimum absolute atomic E-state index is 0.226. The van der Waals surface area contributed by atoms with Gasteiger partial charge in [-0.05, 0) is 31.0 Å². The van der Waals surface area contributed by atoms with E-state index in [0.717, 1.165) is 6.54 Å². The van der Waals surface area contributed by atoms with Crippen LogP contribution in [0.25, 0.3) is 0 Å². The zero-order valence-corrected chi connectivity index (χ0v) is 13.2. The predicted octanol–water partition coefficient (Wildman–Crippen LogP) is 2.14.